The highest BCUT2D eigenvalue weighted by molar-refractivity contribution is 5.98. The molecule has 0 bridgehead atoms. The summed E-state index contributed by atoms with van der Waals surface area (Å²) in [6, 6.07) is 7.46. The van der Waals surface area contributed by atoms with Crippen LogP contribution in [0.5, 0.6) is 0 Å². The average Bonchev–Trinajstić information content (AvgIpc) is 2.65. The first-order chi connectivity index (χ1) is 12.5. The highest BCUT2D eigenvalue weighted by atomic mass is 16.5. The third kappa shape index (κ3) is 6.26. The first-order valence-electron chi connectivity index (χ1n) is 9.15. The molecule has 6 nitrogen and oxygen atoms in total. The van der Waals surface area contributed by atoms with Crippen molar-refractivity contribution in [1.29, 1.82) is 0 Å². The molecule has 1 fully saturated rings. The summed E-state index contributed by atoms with van der Waals surface area (Å²) in [6.07, 6.45) is 2.30. The number of nitrogens with zero attached hydrogens (tertiary/aromatic N) is 1. The maximum absolute atomic E-state index is 12.1. The van der Waals surface area contributed by atoms with Gasteiger partial charge in [-0.05, 0) is 19.8 Å². The lowest BCUT2D eigenvalue weighted by atomic mass is 10.0. The summed E-state index contributed by atoms with van der Waals surface area (Å²) >= 11 is 0. The van der Waals surface area contributed by atoms with Crippen LogP contribution >= 0.6 is 0 Å². The Morgan fingerprint density at radius 1 is 1.08 bits per heavy atom. The van der Waals surface area contributed by atoms with E-state index in [1.807, 2.05) is 24.0 Å². The van der Waals surface area contributed by atoms with Gasteiger partial charge < -0.3 is 15.0 Å². The van der Waals surface area contributed by atoms with Gasteiger partial charge in [-0.3, -0.25) is 14.4 Å². The van der Waals surface area contributed by atoms with Crippen LogP contribution in [0.15, 0.2) is 24.3 Å². The lowest BCUT2D eigenvalue weighted by molar-refractivity contribution is -0.133. The largest absolute Gasteiger partial charge is 0.384 e. The van der Waals surface area contributed by atoms with Gasteiger partial charge in [0.15, 0.2) is 5.78 Å². The van der Waals surface area contributed by atoms with Crippen molar-refractivity contribution in [3.8, 4) is 0 Å². The zero-order valence-corrected chi connectivity index (χ0v) is 15.6. The van der Waals surface area contributed by atoms with E-state index in [1.165, 1.54) is 0 Å². The molecule has 1 heterocycles. The number of ketones is 1. The summed E-state index contributed by atoms with van der Waals surface area (Å²) < 4.78 is 4.93. The second-order valence-electron chi connectivity index (χ2n) is 6.75. The summed E-state index contributed by atoms with van der Waals surface area (Å²) in [6.45, 7) is 3.70. The van der Waals surface area contributed by atoms with Crippen molar-refractivity contribution in [1.82, 2.24) is 10.2 Å². The van der Waals surface area contributed by atoms with Crippen molar-refractivity contribution in [3.05, 3.63) is 35.4 Å². The first-order valence-corrected chi connectivity index (χ1v) is 9.15. The van der Waals surface area contributed by atoms with Crippen molar-refractivity contribution < 1.29 is 19.1 Å². The summed E-state index contributed by atoms with van der Waals surface area (Å²) in [7, 11) is 1.58. The standard InChI is InChI=1S/C20H28N2O4/c1-15-3-5-16(6-4-15)18(23)7-8-19(24)21-17-9-12-22(13-10-17)20(25)11-14-26-2/h3-6,17H,7-14H2,1-2H3,(H,21,24). The average molecular weight is 360 g/mol. The topological polar surface area (TPSA) is 75.7 Å². The number of amides is 2. The van der Waals surface area contributed by atoms with Crippen molar-refractivity contribution in [2.45, 2.75) is 45.1 Å². The first kappa shape index (κ1) is 20.1. The number of carbonyl (C=O) groups is 3. The van der Waals surface area contributed by atoms with Crippen molar-refractivity contribution in [2.75, 3.05) is 26.8 Å². The molecule has 26 heavy (non-hydrogen) atoms. The molecular weight excluding hydrogens is 332 g/mol. The number of likely N-dealkylation sites (tertiary alicyclic amines) is 1. The predicted molar refractivity (Wildman–Crippen MR) is 99.0 cm³/mol. The molecule has 142 valence electrons. The fourth-order valence-electron chi connectivity index (χ4n) is 3.03. The van der Waals surface area contributed by atoms with Crippen LogP contribution < -0.4 is 5.32 Å². The summed E-state index contributed by atoms with van der Waals surface area (Å²) in [5.41, 5.74) is 1.75. The number of nitrogens with one attached hydrogen (secondary N) is 1. The lowest BCUT2D eigenvalue weighted by Gasteiger charge is -2.32. The van der Waals surface area contributed by atoms with Gasteiger partial charge in [0.2, 0.25) is 11.8 Å². The summed E-state index contributed by atoms with van der Waals surface area (Å²) in [5.74, 6) is -0.0198. The Morgan fingerprint density at radius 3 is 2.35 bits per heavy atom. The number of hydrogen-bond acceptors (Lipinski definition) is 4. The van der Waals surface area contributed by atoms with Gasteiger partial charge in [-0.1, -0.05) is 29.8 Å². The normalized spacial score (nSPS) is 14.9. The highest BCUT2D eigenvalue weighted by Gasteiger charge is 2.23. The van der Waals surface area contributed by atoms with E-state index in [-0.39, 0.29) is 36.5 Å². The molecular formula is C20H28N2O4. The molecule has 0 unspecified atom stereocenters. The number of benzene rings is 1. The van der Waals surface area contributed by atoms with Crippen molar-refractivity contribution in [2.24, 2.45) is 0 Å². The minimum Gasteiger partial charge on any atom is -0.384 e. The Kier molecular flexibility index (Phi) is 7.78. The van der Waals surface area contributed by atoms with Crippen LogP contribution in [0.25, 0.3) is 0 Å². The van der Waals surface area contributed by atoms with Crippen LogP contribution in [0.1, 0.15) is 48.0 Å². The Labute approximate surface area is 154 Å². The third-order valence-corrected chi connectivity index (χ3v) is 4.69. The van der Waals surface area contributed by atoms with Crippen LogP contribution in [0.3, 0.4) is 0 Å². The van der Waals surface area contributed by atoms with Gasteiger partial charge in [-0.2, -0.15) is 0 Å². The van der Waals surface area contributed by atoms with Gasteiger partial charge in [-0.25, -0.2) is 0 Å². The predicted octanol–water partition coefficient (Wildman–Crippen LogP) is 2.10. The minimum absolute atomic E-state index is 0.0151. The van der Waals surface area contributed by atoms with E-state index in [4.69, 9.17) is 4.74 Å². The molecule has 1 N–H and O–H groups in total. The monoisotopic (exact) mass is 360 g/mol. The maximum Gasteiger partial charge on any atom is 0.224 e. The molecule has 0 spiro atoms. The number of ether oxygens (including phenoxy) is 1. The molecule has 1 aromatic rings. The zero-order valence-electron chi connectivity index (χ0n) is 15.6. The van der Waals surface area contributed by atoms with Crippen LogP contribution in [-0.4, -0.2) is 55.3 Å². The number of aryl methyl sites for hydroxylation is 1. The fourth-order valence-corrected chi connectivity index (χ4v) is 3.03. The van der Waals surface area contributed by atoms with E-state index in [1.54, 1.807) is 19.2 Å². The highest BCUT2D eigenvalue weighted by Crippen LogP contribution is 2.13. The van der Waals surface area contributed by atoms with Gasteiger partial charge in [0.05, 0.1) is 13.0 Å². The quantitative estimate of drug-likeness (QED) is 0.721. The zero-order chi connectivity index (χ0) is 18.9. The minimum atomic E-state index is -0.102. The molecule has 6 heteroatoms. The molecule has 1 aliphatic rings. The second-order valence-corrected chi connectivity index (χ2v) is 6.75. The lowest BCUT2D eigenvalue weighted by Crippen LogP contribution is -2.46. The third-order valence-electron chi connectivity index (χ3n) is 4.69. The fraction of sp³-hybridized carbons (Fsp3) is 0.550. The molecule has 0 radical (unpaired) electrons. The van der Waals surface area contributed by atoms with E-state index >= 15 is 0 Å². The van der Waals surface area contributed by atoms with Crippen LogP contribution in [0.2, 0.25) is 0 Å². The van der Waals surface area contributed by atoms with E-state index in [9.17, 15) is 14.4 Å². The molecule has 2 rings (SSSR count). The number of carbonyl (C=O) groups excluding carboxylic acids is 3. The second kappa shape index (κ2) is 10.1. The van der Waals surface area contributed by atoms with Gasteiger partial charge in [0.1, 0.15) is 0 Å². The SMILES string of the molecule is COCCC(=O)N1CCC(NC(=O)CCC(=O)c2ccc(C)cc2)CC1. The number of Topliss-reactive ketones (excluding diaryl/α,β-unsaturated/α-hetero) is 1. The molecule has 0 aliphatic carbocycles. The van der Waals surface area contributed by atoms with E-state index < -0.39 is 0 Å². The number of methoxy groups -OCH3 is 1. The Morgan fingerprint density at radius 2 is 1.73 bits per heavy atom. The van der Waals surface area contributed by atoms with Gasteiger partial charge in [0.25, 0.3) is 0 Å². The van der Waals surface area contributed by atoms with E-state index in [0.29, 0.717) is 31.7 Å². The molecule has 1 saturated heterocycles. The summed E-state index contributed by atoms with van der Waals surface area (Å²) in [4.78, 5) is 38.0. The molecule has 0 atom stereocenters. The van der Waals surface area contributed by atoms with Crippen LogP contribution in [0, 0.1) is 6.92 Å². The smallest absolute Gasteiger partial charge is 0.224 e. The van der Waals surface area contributed by atoms with E-state index in [0.717, 1.165) is 18.4 Å². The Hall–Kier alpha value is -2.21. The Bertz CT molecular complexity index is 619. The van der Waals surface area contributed by atoms with Crippen molar-refractivity contribution >= 4 is 17.6 Å². The Balaban J connectivity index is 1.68. The summed E-state index contributed by atoms with van der Waals surface area (Å²) in [5, 5.41) is 2.98. The molecule has 2 amide bonds. The van der Waals surface area contributed by atoms with Crippen LogP contribution in [-0.2, 0) is 14.3 Å². The molecule has 1 aliphatic heterocycles. The van der Waals surface area contributed by atoms with Gasteiger partial charge >= 0.3 is 0 Å². The van der Waals surface area contributed by atoms with E-state index in [2.05, 4.69) is 5.32 Å². The maximum atomic E-state index is 12.1. The molecule has 0 saturated carbocycles. The van der Waals surface area contributed by atoms with Crippen molar-refractivity contribution in [3.63, 3.8) is 0 Å². The molecule has 0 aromatic heterocycles. The molecule has 1 aromatic carbocycles. The van der Waals surface area contributed by atoms with Gasteiger partial charge in [0, 0.05) is 44.6 Å². The van der Waals surface area contributed by atoms with Gasteiger partial charge in [-0.15, -0.1) is 0 Å². The van der Waals surface area contributed by atoms with Crippen LogP contribution in [0.4, 0.5) is 0 Å². The number of piperidine rings is 1. The number of hydrogen-bond donors (Lipinski definition) is 1. The number of rotatable bonds is 8.